The number of nitrogens with one attached hydrogen (secondary N) is 3. The highest BCUT2D eigenvalue weighted by Gasteiger charge is 2.35. The van der Waals surface area contributed by atoms with Crippen LogP contribution in [0, 0.1) is 0 Å². The molecule has 0 saturated carbocycles. The molecular weight excluding hydrogens is 519 g/mol. The Morgan fingerprint density at radius 1 is 1.11 bits per heavy atom. The number of hydrogen-bond donors (Lipinski definition) is 3. The van der Waals surface area contributed by atoms with Crippen molar-refractivity contribution in [3.63, 3.8) is 0 Å². The summed E-state index contributed by atoms with van der Waals surface area (Å²) in [5.41, 5.74) is 1.05. The second-order valence-electron chi connectivity index (χ2n) is 8.56. The van der Waals surface area contributed by atoms with Crippen LogP contribution in [-0.4, -0.2) is 53.5 Å². The zero-order valence-corrected chi connectivity index (χ0v) is 21.4. The van der Waals surface area contributed by atoms with Crippen LogP contribution in [0.25, 0.3) is 0 Å². The summed E-state index contributed by atoms with van der Waals surface area (Å²) in [4.78, 5) is 24.1. The molecule has 2 heterocycles. The molecule has 8 nitrogen and oxygen atoms in total. The number of alkyl halides is 3. The van der Waals surface area contributed by atoms with Gasteiger partial charge in [0.15, 0.2) is 0 Å². The molecule has 4 rings (SSSR count). The van der Waals surface area contributed by atoms with Crippen LogP contribution in [0.4, 0.5) is 47.7 Å². The number of piperazine rings is 1. The van der Waals surface area contributed by atoms with Gasteiger partial charge in [0.2, 0.25) is 11.9 Å². The summed E-state index contributed by atoms with van der Waals surface area (Å²) in [7, 11) is 0. The third-order valence-corrected chi connectivity index (χ3v) is 6.37. The van der Waals surface area contributed by atoms with Crippen LogP contribution in [0.1, 0.15) is 12.5 Å². The monoisotopic (exact) mass is 545 g/mol. The molecule has 3 aromatic rings. The average molecular weight is 546 g/mol. The first-order chi connectivity index (χ1) is 18.2. The van der Waals surface area contributed by atoms with E-state index >= 15 is 0 Å². The molecule has 0 spiro atoms. The Morgan fingerprint density at radius 2 is 1.84 bits per heavy atom. The number of rotatable bonds is 8. The predicted molar refractivity (Wildman–Crippen MR) is 145 cm³/mol. The number of carbonyl (C=O) groups excluding carboxylic acids is 1. The average Bonchev–Trinajstić information content (AvgIpc) is 2.89. The van der Waals surface area contributed by atoms with E-state index < -0.39 is 23.5 Å². The summed E-state index contributed by atoms with van der Waals surface area (Å²) >= 11 is 6.51. The largest absolute Gasteiger partial charge is 0.421 e. The SMILES string of the molecule is C=CC(=O)Nc1cccc(Nc2nc(Nc3ccc(N4CCN(CC)CC4)cc3Cl)ncc2C(F)(F)F)c1. The summed E-state index contributed by atoms with van der Waals surface area (Å²) in [6.07, 6.45) is -2.90. The molecule has 200 valence electrons. The highest BCUT2D eigenvalue weighted by molar-refractivity contribution is 6.33. The van der Waals surface area contributed by atoms with Crippen molar-refractivity contribution in [2.45, 2.75) is 13.1 Å². The van der Waals surface area contributed by atoms with Crippen molar-refractivity contribution in [2.75, 3.05) is 53.6 Å². The lowest BCUT2D eigenvalue weighted by molar-refractivity contribution is -0.137. The van der Waals surface area contributed by atoms with Gasteiger partial charge in [0.05, 0.1) is 10.7 Å². The zero-order chi connectivity index (χ0) is 27.3. The number of halogens is 4. The van der Waals surface area contributed by atoms with E-state index in [1.165, 1.54) is 6.07 Å². The first kappa shape index (κ1) is 27.2. The minimum Gasteiger partial charge on any atom is -0.369 e. The van der Waals surface area contributed by atoms with E-state index in [0.29, 0.717) is 22.6 Å². The second-order valence-corrected chi connectivity index (χ2v) is 8.97. The lowest BCUT2D eigenvalue weighted by Crippen LogP contribution is -2.46. The molecule has 3 N–H and O–H groups in total. The van der Waals surface area contributed by atoms with Crippen LogP contribution in [0.15, 0.2) is 61.3 Å². The maximum absolute atomic E-state index is 13.7. The molecule has 0 radical (unpaired) electrons. The van der Waals surface area contributed by atoms with Crippen molar-refractivity contribution < 1.29 is 18.0 Å². The number of benzene rings is 2. The van der Waals surface area contributed by atoms with Gasteiger partial charge in [-0.2, -0.15) is 18.2 Å². The number of carbonyl (C=O) groups is 1. The molecule has 2 aromatic carbocycles. The van der Waals surface area contributed by atoms with Crippen molar-refractivity contribution in [2.24, 2.45) is 0 Å². The van der Waals surface area contributed by atoms with E-state index in [4.69, 9.17) is 11.6 Å². The highest BCUT2D eigenvalue weighted by atomic mass is 35.5. The van der Waals surface area contributed by atoms with Crippen LogP contribution in [-0.2, 0) is 11.0 Å². The number of likely N-dealkylation sites (N-methyl/N-ethyl adjacent to an activating group) is 1. The normalized spacial score (nSPS) is 14.2. The molecule has 1 amide bonds. The van der Waals surface area contributed by atoms with Crippen LogP contribution < -0.4 is 20.9 Å². The Hall–Kier alpha value is -3.83. The number of anilines is 6. The van der Waals surface area contributed by atoms with Crippen LogP contribution in [0.2, 0.25) is 5.02 Å². The standard InChI is InChI=1S/C26H27ClF3N7O/c1-3-23(38)32-17-6-5-7-18(14-17)33-24-20(26(28,29)30)16-31-25(35-24)34-22-9-8-19(15-21(22)27)37-12-10-36(4-2)11-13-37/h3,5-9,14-16H,1,4,10-13H2,2H3,(H,32,38)(H2,31,33,34,35). The van der Waals surface area contributed by atoms with Gasteiger partial charge >= 0.3 is 6.18 Å². The van der Waals surface area contributed by atoms with Gasteiger partial charge in [-0.15, -0.1) is 0 Å². The lowest BCUT2D eigenvalue weighted by atomic mass is 10.2. The predicted octanol–water partition coefficient (Wildman–Crippen LogP) is 5.90. The Kier molecular flexibility index (Phi) is 8.38. The van der Waals surface area contributed by atoms with Gasteiger partial charge in [0.1, 0.15) is 11.4 Å². The smallest absolute Gasteiger partial charge is 0.369 e. The summed E-state index contributed by atoms with van der Waals surface area (Å²) in [5, 5.41) is 8.55. The molecule has 38 heavy (non-hydrogen) atoms. The molecule has 1 aromatic heterocycles. The lowest BCUT2D eigenvalue weighted by Gasteiger charge is -2.35. The van der Waals surface area contributed by atoms with Gasteiger partial charge < -0.3 is 25.8 Å². The van der Waals surface area contributed by atoms with Crippen molar-refractivity contribution in [3.05, 3.63) is 71.9 Å². The molecular formula is C26H27ClF3N7O. The quantitative estimate of drug-likeness (QED) is 0.304. The summed E-state index contributed by atoms with van der Waals surface area (Å²) in [6, 6.07) is 11.7. The van der Waals surface area contributed by atoms with Crippen molar-refractivity contribution in [3.8, 4) is 0 Å². The summed E-state index contributed by atoms with van der Waals surface area (Å²) in [6.45, 7) is 10.2. The first-order valence-corrected chi connectivity index (χ1v) is 12.3. The fraction of sp³-hybridized carbons (Fsp3) is 0.269. The number of nitrogens with zero attached hydrogens (tertiary/aromatic N) is 4. The van der Waals surface area contributed by atoms with E-state index in [1.54, 1.807) is 24.3 Å². The molecule has 0 aliphatic carbocycles. The van der Waals surface area contributed by atoms with Crippen LogP contribution in [0.3, 0.4) is 0 Å². The topological polar surface area (TPSA) is 85.4 Å². The molecule has 1 aliphatic rings. The van der Waals surface area contributed by atoms with Crippen LogP contribution >= 0.6 is 11.6 Å². The number of amides is 1. The minimum atomic E-state index is -4.70. The Bertz CT molecular complexity index is 1310. The Labute approximate surface area is 223 Å². The van der Waals surface area contributed by atoms with E-state index in [0.717, 1.165) is 44.5 Å². The Morgan fingerprint density at radius 3 is 2.50 bits per heavy atom. The van der Waals surface area contributed by atoms with Crippen molar-refractivity contribution in [1.82, 2.24) is 14.9 Å². The van der Waals surface area contributed by atoms with E-state index in [9.17, 15) is 18.0 Å². The van der Waals surface area contributed by atoms with Gasteiger partial charge in [-0.1, -0.05) is 31.2 Å². The second kappa shape index (κ2) is 11.7. The first-order valence-electron chi connectivity index (χ1n) is 11.9. The third-order valence-electron chi connectivity index (χ3n) is 6.06. The van der Waals surface area contributed by atoms with Gasteiger partial charge in [-0.05, 0) is 49.0 Å². The molecule has 1 fully saturated rings. The molecule has 1 aliphatic heterocycles. The maximum Gasteiger partial charge on any atom is 0.421 e. The fourth-order valence-electron chi connectivity index (χ4n) is 3.99. The zero-order valence-electron chi connectivity index (χ0n) is 20.6. The third kappa shape index (κ3) is 6.73. The molecule has 0 bridgehead atoms. The van der Waals surface area contributed by atoms with Gasteiger partial charge in [0, 0.05) is 49.4 Å². The van der Waals surface area contributed by atoms with Crippen LogP contribution in [0.5, 0.6) is 0 Å². The minimum absolute atomic E-state index is 0.0668. The van der Waals surface area contributed by atoms with E-state index in [1.807, 2.05) is 12.1 Å². The molecule has 0 atom stereocenters. The summed E-state index contributed by atoms with van der Waals surface area (Å²) < 4.78 is 41.1. The number of hydrogen-bond acceptors (Lipinski definition) is 7. The highest BCUT2D eigenvalue weighted by Crippen LogP contribution is 2.36. The molecule has 1 saturated heterocycles. The van der Waals surface area contributed by atoms with Gasteiger partial charge in [-0.3, -0.25) is 4.79 Å². The fourth-order valence-corrected chi connectivity index (χ4v) is 4.22. The van der Waals surface area contributed by atoms with Gasteiger partial charge in [-0.25, -0.2) is 4.98 Å². The van der Waals surface area contributed by atoms with Crippen molar-refractivity contribution in [1.29, 1.82) is 0 Å². The van der Waals surface area contributed by atoms with Crippen molar-refractivity contribution >= 4 is 52.0 Å². The molecule has 12 heteroatoms. The van der Waals surface area contributed by atoms with E-state index in [-0.39, 0.29) is 11.6 Å². The van der Waals surface area contributed by atoms with Gasteiger partial charge in [0.25, 0.3) is 0 Å². The maximum atomic E-state index is 13.7. The summed E-state index contributed by atoms with van der Waals surface area (Å²) in [5.74, 6) is -0.968. The molecule has 0 unspecified atom stereocenters. The number of aromatic nitrogens is 2. The Balaban J connectivity index is 1.55. The van der Waals surface area contributed by atoms with E-state index in [2.05, 4.69) is 49.2 Å².